The topological polar surface area (TPSA) is 29.9 Å². The molecule has 0 spiro atoms. The molecule has 1 unspecified atom stereocenters. The Morgan fingerprint density at radius 3 is 2.88 bits per heavy atom. The molecule has 1 fully saturated rings. The fourth-order valence-corrected chi connectivity index (χ4v) is 2.45. The predicted octanol–water partition coefficient (Wildman–Crippen LogP) is 2.13. The molecule has 0 aromatic carbocycles. The molecular weight excluding hydrogens is 198 g/mol. The molecule has 0 bridgehead atoms. The van der Waals surface area contributed by atoms with Gasteiger partial charge < -0.3 is 5.32 Å². The first-order valence-electron chi connectivity index (χ1n) is 6.42. The Balaban J connectivity index is 1.73. The highest BCUT2D eigenvalue weighted by Gasteiger charge is 2.21. The van der Waals surface area contributed by atoms with Crippen LogP contribution in [0.2, 0.25) is 0 Å². The first-order chi connectivity index (χ1) is 7.78. The van der Waals surface area contributed by atoms with Crippen LogP contribution in [0.4, 0.5) is 0 Å². The Morgan fingerprint density at radius 2 is 2.38 bits per heavy atom. The van der Waals surface area contributed by atoms with Crippen molar-refractivity contribution >= 4 is 0 Å². The van der Waals surface area contributed by atoms with Gasteiger partial charge in [-0.3, -0.25) is 4.68 Å². The molecule has 0 saturated heterocycles. The predicted molar refractivity (Wildman–Crippen MR) is 66.3 cm³/mol. The SMILES string of the molecule is CNC(CCc1cnn(C)c1)CC1CCC1. The van der Waals surface area contributed by atoms with Crippen LogP contribution in [0, 0.1) is 5.92 Å². The molecule has 16 heavy (non-hydrogen) atoms. The molecule has 1 aromatic heterocycles. The van der Waals surface area contributed by atoms with Crippen LogP contribution in [0.25, 0.3) is 0 Å². The van der Waals surface area contributed by atoms with Gasteiger partial charge in [0.25, 0.3) is 0 Å². The highest BCUT2D eigenvalue weighted by atomic mass is 15.2. The fourth-order valence-electron chi connectivity index (χ4n) is 2.45. The van der Waals surface area contributed by atoms with Gasteiger partial charge in [0.15, 0.2) is 0 Å². The van der Waals surface area contributed by atoms with E-state index in [1.165, 1.54) is 37.7 Å². The first kappa shape index (κ1) is 11.6. The van der Waals surface area contributed by atoms with E-state index in [0.717, 1.165) is 12.3 Å². The number of hydrogen-bond acceptors (Lipinski definition) is 2. The lowest BCUT2D eigenvalue weighted by molar-refractivity contribution is 0.259. The van der Waals surface area contributed by atoms with E-state index < -0.39 is 0 Å². The third-order valence-corrected chi connectivity index (χ3v) is 3.79. The first-order valence-corrected chi connectivity index (χ1v) is 6.42. The normalized spacial score (nSPS) is 18.4. The summed E-state index contributed by atoms with van der Waals surface area (Å²) < 4.78 is 1.88. The van der Waals surface area contributed by atoms with E-state index in [4.69, 9.17) is 0 Å². The summed E-state index contributed by atoms with van der Waals surface area (Å²) in [5.41, 5.74) is 1.36. The third kappa shape index (κ3) is 3.08. The molecule has 0 radical (unpaired) electrons. The van der Waals surface area contributed by atoms with E-state index in [2.05, 4.69) is 23.7 Å². The van der Waals surface area contributed by atoms with Crippen molar-refractivity contribution in [2.75, 3.05) is 7.05 Å². The minimum atomic E-state index is 0.686. The second kappa shape index (κ2) is 5.48. The average molecular weight is 221 g/mol. The van der Waals surface area contributed by atoms with Gasteiger partial charge in [0, 0.05) is 19.3 Å². The van der Waals surface area contributed by atoms with Crippen molar-refractivity contribution in [3.05, 3.63) is 18.0 Å². The lowest BCUT2D eigenvalue weighted by Crippen LogP contribution is -2.30. The Hall–Kier alpha value is -0.830. The summed E-state index contributed by atoms with van der Waals surface area (Å²) in [7, 11) is 4.07. The van der Waals surface area contributed by atoms with Gasteiger partial charge in [-0.05, 0) is 37.8 Å². The highest BCUT2D eigenvalue weighted by Crippen LogP contribution is 2.31. The van der Waals surface area contributed by atoms with Crippen LogP contribution < -0.4 is 5.32 Å². The molecule has 1 aliphatic rings. The number of rotatable bonds is 6. The second-order valence-corrected chi connectivity index (χ2v) is 5.08. The van der Waals surface area contributed by atoms with E-state index in [-0.39, 0.29) is 0 Å². The molecule has 3 heteroatoms. The van der Waals surface area contributed by atoms with Crippen molar-refractivity contribution in [3.8, 4) is 0 Å². The van der Waals surface area contributed by atoms with Gasteiger partial charge in [-0.1, -0.05) is 19.3 Å². The monoisotopic (exact) mass is 221 g/mol. The van der Waals surface area contributed by atoms with Crippen molar-refractivity contribution in [3.63, 3.8) is 0 Å². The van der Waals surface area contributed by atoms with E-state index in [1.54, 1.807) is 0 Å². The van der Waals surface area contributed by atoms with Gasteiger partial charge in [-0.15, -0.1) is 0 Å². The molecule has 1 atom stereocenters. The molecule has 1 aliphatic carbocycles. The summed E-state index contributed by atoms with van der Waals surface area (Å²) in [5, 5.41) is 7.66. The van der Waals surface area contributed by atoms with Crippen LogP contribution in [0.3, 0.4) is 0 Å². The maximum atomic E-state index is 4.20. The fraction of sp³-hybridized carbons (Fsp3) is 0.769. The molecule has 1 heterocycles. The van der Waals surface area contributed by atoms with Crippen molar-refractivity contribution in [2.24, 2.45) is 13.0 Å². The smallest absolute Gasteiger partial charge is 0.0521 e. The lowest BCUT2D eigenvalue weighted by Gasteiger charge is -2.29. The number of hydrogen-bond donors (Lipinski definition) is 1. The molecule has 0 aliphatic heterocycles. The maximum absolute atomic E-state index is 4.20. The molecule has 0 amide bonds. The summed E-state index contributed by atoms with van der Waals surface area (Å²) in [6.45, 7) is 0. The van der Waals surface area contributed by atoms with E-state index in [0.29, 0.717) is 6.04 Å². The van der Waals surface area contributed by atoms with Gasteiger partial charge in [0.05, 0.1) is 6.20 Å². The van der Waals surface area contributed by atoms with Gasteiger partial charge >= 0.3 is 0 Å². The zero-order chi connectivity index (χ0) is 11.4. The molecular formula is C13H23N3. The molecule has 90 valence electrons. The Labute approximate surface area is 98.2 Å². The third-order valence-electron chi connectivity index (χ3n) is 3.79. The summed E-state index contributed by atoms with van der Waals surface area (Å²) in [4.78, 5) is 0. The van der Waals surface area contributed by atoms with Crippen molar-refractivity contribution in [1.82, 2.24) is 15.1 Å². The zero-order valence-corrected chi connectivity index (χ0v) is 10.4. The molecule has 1 saturated carbocycles. The largest absolute Gasteiger partial charge is 0.317 e. The van der Waals surface area contributed by atoms with E-state index in [1.807, 2.05) is 17.9 Å². The van der Waals surface area contributed by atoms with Gasteiger partial charge in [0.1, 0.15) is 0 Å². The second-order valence-electron chi connectivity index (χ2n) is 5.08. The van der Waals surface area contributed by atoms with Crippen LogP contribution in [0.1, 0.15) is 37.7 Å². The van der Waals surface area contributed by atoms with Crippen molar-refractivity contribution in [2.45, 2.75) is 44.6 Å². The Morgan fingerprint density at radius 1 is 1.56 bits per heavy atom. The van der Waals surface area contributed by atoms with Crippen LogP contribution in [0.15, 0.2) is 12.4 Å². The Kier molecular flexibility index (Phi) is 3.99. The quantitative estimate of drug-likeness (QED) is 0.797. The standard InChI is InChI=1S/C13H23N3/c1-14-13(8-11-4-3-5-11)7-6-12-9-15-16(2)10-12/h9-11,13-14H,3-8H2,1-2H3. The van der Waals surface area contributed by atoms with E-state index >= 15 is 0 Å². The van der Waals surface area contributed by atoms with Crippen molar-refractivity contribution in [1.29, 1.82) is 0 Å². The highest BCUT2D eigenvalue weighted by molar-refractivity contribution is 5.04. The molecule has 3 nitrogen and oxygen atoms in total. The van der Waals surface area contributed by atoms with Crippen LogP contribution in [-0.2, 0) is 13.5 Å². The number of aryl methyl sites for hydroxylation is 2. The molecule has 1 N–H and O–H groups in total. The summed E-state index contributed by atoms with van der Waals surface area (Å²) >= 11 is 0. The van der Waals surface area contributed by atoms with Crippen LogP contribution in [-0.4, -0.2) is 22.9 Å². The summed E-state index contributed by atoms with van der Waals surface area (Å²) in [6, 6.07) is 0.686. The number of aromatic nitrogens is 2. The minimum Gasteiger partial charge on any atom is -0.317 e. The number of nitrogens with one attached hydrogen (secondary N) is 1. The van der Waals surface area contributed by atoms with Gasteiger partial charge in [-0.2, -0.15) is 5.10 Å². The lowest BCUT2D eigenvalue weighted by atomic mass is 9.80. The summed E-state index contributed by atoms with van der Waals surface area (Å²) in [5.74, 6) is 0.992. The van der Waals surface area contributed by atoms with Gasteiger partial charge in [0.2, 0.25) is 0 Å². The van der Waals surface area contributed by atoms with Crippen LogP contribution >= 0.6 is 0 Å². The zero-order valence-electron chi connectivity index (χ0n) is 10.4. The Bertz CT molecular complexity index is 315. The molecule has 2 rings (SSSR count). The van der Waals surface area contributed by atoms with Gasteiger partial charge in [-0.25, -0.2) is 0 Å². The number of nitrogens with zero attached hydrogens (tertiary/aromatic N) is 2. The summed E-state index contributed by atoms with van der Waals surface area (Å²) in [6.07, 6.45) is 12.2. The average Bonchev–Trinajstić information content (AvgIpc) is 2.62. The maximum Gasteiger partial charge on any atom is 0.0521 e. The molecule has 1 aromatic rings. The minimum absolute atomic E-state index is 0.686. The van der Waals surface area contributed by atoms with E-state index in [9.17, 15) is 0 Å². The van der Waals surface area contributed by atoms with Crippen molar-refractivity contribution < 1.29 is 0 Å². The van der Waals surface area contributed by atoms with Crippen LogP contribution in [0.5, 0.6) is 0 Å².